The van der Waals surface area contributed by atoms with Gasteiger partial charge in [-0.2, -0.15) is 0 Å². The molecule has 1 aromatic carbocycles. The summed E-state index contributed by atoms with van der Waals surface area (Å²) < 4.78 is 0. The van der Waals surface area contributed by atoms with Crippen LogP contribution in [0.2, 0.25) is 5.02 Å². The monoisotopic (exact) mass is 272 g/mol. The van der Waals surface area contributed by atoms with Gasteiger partial charge in [0.2, 0.25) is 0 Å². The Balaban J connectivity index is 1.68. The zero-order chi connectivity index (χ0) is 13.1. The van der Waals surface area contributed by atoms with Gasteiger partial charge in [0.25, 0.3) is 0 Å². The van der Waals surface area contributed by atoms with Gasteiger partial charge < -0.3 is 5.32 Å². The number of benzene rings is 1. The summed E-state index contributed by atoms with van der Waals surface area (Å²) in [5.41, 5.74) is 3.67. The fourth-order valence-corrected chi connectivity index (χ4v) is 2.38. The fraction of sp³-hybridized carbons (Fsp3) is 0.312. The van der Waals surface area contributed by atoms with Gasteiger partial charge in [-0.3, -0.25) is 4.98 Å². The van der Waals surface area contributed by atoms with E-state index in [9.17, 15) is 0 Å². The Labute approximate surface area is 118 Å². The summed E-state index contributed by atoms with van der Waals surface area (Å²) in [6.45, 7) is 0.917. The highest BCUT2D eigenvalue weighted by Gasteiger charge is 2.19. The average Bonchev–Trinajstić information content (AvgIpc) is 3.25. The van der Waals surface area contributed by atoms with Gasteiger partial charge in [0.15, 0.2) is 0 Å². The molecule has 0 amide bonds. The number of halogens is 1. The molecule has 2 aromatic rings. The van der Waals surface area contributed by atoms with Crippen LogP contribution in [-0.4, -0.2) is 11.0 Å². The first-order chi connectivity index (χ1) is 9.31. The summed E-state index contributed by atoms with van der Waals surface area (Å²) in [5.74, 6) is 0. The molecule has 98 valence electrons. The summed E-state index contributed by atoms with van der Waals surface area (Å²) >= 11 is 6.37. The van der Waals surface area contributed by atoms with Crippen LogP contribution in [0.4, 0.5) is 0 Å². The molecule has 1 aliphatic rings. The van der Waals surface area contributed by atoms with Crippen LogP contribution in [-0.2, 0) is 13.0 Å². The van der Waals surface area contributed by atoms with Crippen molar-refractivity contribution < 1.29 is 0 Å². The molecule has 1 aromatic heterocycles. The number of nitrogens with one attached hydrogen (secondary N) is 1. The number of aromatic nitrogens is 1. The van der Waals surface area contributed by atoms with Gasteiger partial charge in [-0.05, 0) is 54.2 Å². The maximum absolute atomic E-state index is 6.37. The Morgan fingerprint density at radius 2 is 1.89 bits per heavy atom. The second-order valence-corrected chi connectivity index (χ2v) is 5.52. The van der Waals surface area contributed by atoms with Crippen molar-refractivity contribution in [2.24, 2.45) is 0 Å². The lowest BCUT2D eigenvalue weighted by molar-refractivity contribution is 0.687. The third kappa shape index (κ3) is 3.55. The Morgan fingerprint density at radius 1 is 1.11 bits per heavy atom. The molecular formula is C16H17ClN2. The predicted octanol–water partition coefficient (Wildman–Crippen LogP) is 3.58. The molecule has 0 unspecified atom stereocenters. The summed E-state index contributed by atoms with van der Waals surface area (Å²) in [7, 11) is 0. The van der Waals surface area contributed by atoms with E-state index in [1.165, 1.54) is 29.5 Å². The summed E-state index contributed by atoms with van der Waals surface area (Å²) in [6, 6.07) is 11.2. The largest absolute Gasteiger partial charge is 0.310 e. The molecule has 1 N–H and O–H groups in total. The topological polar surface area (TPSA) is 24.9 Å². The van der Waals surface area contributed by atoms with Crippen molar-refractivity contribution in [3.63, 3.8) is 0 Å². The summed E-state index contributed by atoms with van der Waals surface area (Å²) in [5, 5.41) is 4.36. The lowest BCUT2D eigenvalue weighted by atomic mass is 10.0. The van der Waals surface area contributed by atoms with Crippen LogP contribution in [0.5, 0.6) is 0 Å². The van der Waals surface area contributed by atoms with Crippen LogP contribution in [0.15, 0.2) is 42.7 Å². The van der Waals surface area contributed by atoms with Crippen LogP contribution < -0.4 is 5.32 Å². The molecule has 1 heterocycles. The molecule has 0 bridgehead atoms. The minimum atomic E-state index is 0.732. The van der Waals surface area contributed by atoms with Crippen LogP contribution in [0.1, 0.15) is 29.5 Å². The Hall–Kier alpha value is -1.38. The van der Waals surface area contributed by atoms with E-state index in [0.29, 0.717) is 0 Å². The van der Waals surface area contributed by atoms with Gasteiger partial charge >= 0.3 is 0 Å². The van der Waals surface area contributed by atoms with Crippen LogP contribution in [0, 0.1) is 0 Å². The van der Waals surface area contributed by atoms with E-state index in [4.69, 9.17) is 11.6 Å². The van der Waals surface area contributed by atoms with Crippen molar-refractivity contribution in [1.29, 1.82) is 0 Å². The van der Waals surface area contributed by atoms with Gasteiger partial charge in [0.05, 0.1) is 0 Å². The lowest BCUT2D eigenvalue weighted by Crippen LogP contribution is -2.15. The second kappa shape index (κ2) is 5.72. The highest BCUT2D eigenvalue weighted by Crippen LogP contribution is 2.23. The fourth-order valence-electron chi connectivity index (χ4n) is 2.11. The first-order valence-electron chi connectivity index (χ1n) is 6.71. The normalized spacial score (nSPS) is 14.6. The molecular weight excluding hydrogens is 256 g/mol. The van der Waals surface area contributed by atoms with Crippen molar-refractivity contribution in [3.05, 3.63) is 64.4 Å². The molecule has 1 aliphatic carbocycles. The van der Waals surface area contributed by atoms with E-state index >= 15 is 0 Å². The third-order valence-electron chi connectivity index (χ3n) is 3.43. The quantitative estimate of drug-likeness (QED) is 0.900. The minimum Gasteiger partial charge on any atom is -0.310 e. The number of rotatable bonds is 5. The molecule has 0 radical (unpaired) electrons. The van der Waals surface area contributed by atoms with E-state index in [0.717, 1.165) is 24.0 Å². The zero-order valence-corrected chi connectivity index (χ0v) is 11.5. The second-order valence-electron chi connectivity index (χ2n) is 5.11. The maximum Gasteiger partial charge on any atom is 0.0444 e. The number of hydrogen-bond donors (Lipinski definition) is 1. The molecule has 1 fully saturated rings. The molecule has 3 rings (SSSR count). The van der Waals surface area contributed by atoms with Crippen LogP contribution in [0.3, 0.4) is 0 Å². The molecule has 0 aliphatic heterocycles. The molecule has 3 heteroatoms. The molecule has 19 heavy (non-hydrogen) atoms. The highest BCUT2D eigenvalue weighted by atomic mass is 35.5. The summed E-state index contributed by atoms with van der Waals surface area (Å²) in [4.78, 5) is 4.03. The number of pyridine rings is 1. The summed E-state index contributed by atoms with van der Waals surface area (Å²) in [6.07, 6.45) is 7.12. The first-order valence-corrected chi connectivity index (χ1v) is 7.08. The van der Waals surface area contributed by atoms with Crippen molar-refractivity contribution in [1.82, 2.24) is 10.3 Å². The van der Waals surface area contributed by atoms with Gasteiger partial charge in [0.1, 0.15) is 0 Å². The number of hydrogen-bond acceptors (Lipinski definition) is 2. The Kier molecular flexibility index (Phi) is 3.81. The molecule has 0 saturated heterocycles. The first kappa shape index (κ1) is 12.6. The van der Waals surface area contributed by atoms with Gasteiger partial charge in [-0.25, -0.2) is 0 Å². The average molecular weight is 273 g/mol. The van der Waals surface area contributed by atoms with Gasteiger partial charge in [-0.15, -0.1) is 0 Å². The maximum atomic E-state index is 6.37. The smallest absolute Gasteiger partial charge is 0.0444 e. The van der Waals surface area contributed by atoms with E-state index < -0.39 is 0 Å². The Bertz CT molecular complexity index is 550. The standard InChI is InChI=1S/C16H17ClN2/c17-16-10-13(11-19-15-3-4-15)1-2-14(16)9-12-5-7-18-8-6-12/h1-2,5-8,10,15,19H,3-4,9,11H2. The van der Waals surface area contributed by atoms with Gasteiger partial charge in [-0.1, -0.05) is 23.7 Å². The lowest BCUT2D eigenvalue weighted by Gasteiger charge is -2.08. The SMILES string of the molecule is Clc1cc(CNC2CC2)ccc1Cc1ccncc1. The van der Waals surface area contributed by atoms with Crippen molar-refractivity contribution in [3.8, 4) is 0 Å². The molecule has 1 saturated carbocycles. The number of nitrogens with zero attached hydrogens (tertiary/aromatic N) is 1. The predicted molar refractivity (Wildman–Crippen MR) is 78.4 cm³/mol. The highest BCUT2D eigenvalue weighted by molar-refractivity contribution is 6.31. The molecule has 0 spiro atoms. The molecule has 2 nitrogen and oxygen atoms in total. The molecule has 0 atom stereocenters. The van der Waals surface area contributed by atoms with Crippen LogP contribution >= 0.6 is 11.6 Å². The Morgan fingerprint density at radius 3 is 2.58 bits per heavy atom. The van der Waals surface area contributed by atoms with E-state index in [-0.39, 0.29) is 0 Å². The van der Waals surface area contributed by atoms with E-state index in [2.05, 4.69) is 28.5 Å². The van der Waals surface area contributed by atoms with Crippen molar-refractivity contribution in [2.75, 3.05) is 0 Å². The van der Waals surface area contributed by atoms with Crippen molar-refractivity contribution >= 4 is 11.6 Å². The minimum absolute atomic E-state index is 0.732. The van der Waals surface area contributed by atoms with E-state index in [1.54, 1.807) is 0 Å². The van der Waals surface area contributed by atoms with Crippen molar-refractivity contribution in [2.45, 2.75) is 31.8 Å². The van der Waals surface area contributed by atoms with Crippen LogP contribution in [0.25, 0.3) is 0 Å². The van der Waals surface area contributed by atoms with Gasteiger partial charge in [0, 0.05) is 30.0 Å². The zero-order valence-electron chi connectivity index (χ0n) is 10.8. The van der Waals surface area contributed by atoms with E-state index in [1.807, 2.05) is 24.5 Å². The third-order valence-corrected chi connectivity index (χ3v) is 3.79.